The van der Waals surface area contributed by atoms with Gasteiger partial charge in [0.15, 0.2) is 0 Å². The number of Topliss-reactive ketones (excluding diaryl/α,β-unsaturated/α-hetero) is 1. The number of carbonyl (C=O) groups is 1. The zero-order valence-corrected chi connectivity index (χ0v) is 11.0. The van der Waals surface area contributed by atoms with Crippen molar-refractivity contribution >= 4 is 5.78 Å². The second-order valence-corrected chi connectivity index (χ2v) is 6.00. The lowest BCUT2D eigenvalue weighted by Gasteiger charge is -2.23. The van der Waals surface area contributed by atoms with E-state index in [-0.39, 0.29) is 0 Å². The summed E-state index contributed by atoms with van der Waals surface area (Å²) in [5, 5.41) is 3.39. The van der Waals surface area contributed by atoms with Gasteiger partial charge in [0.2, 0.25) is 0 Å². The van der Waals surface area contributed by atoms with Crippen molar-refractivity contribution in [1.29, 1.82) is 0 Å². The standard InChI is InChI=1S/C16H21NO/c1-12-3-2-4-13(9-12)10-15(18)14-11-16(14)5-7-17-8-6-16/h2-4,9,14,17H,5-8,10-11H2,1H3. The van der Waals surface area contributed by atoms with Gasteiger partial charge < -0.3 is 5.32 Å². The van der Waals surface area contributed by atoms with Crippen LogP contribution < -0.4 is 5.32 Å². The number of benzene rings is 1. The Morgan fingerprint density at radius 3 is 2.89 bits per heavy atom. The van der Waals surface area contributed by atoms with Gasteiger partial charge in [0.1, 0.15) is 5.78 Å². The summed E-state index contributed by atoms with van der Waals surface area (Å²) in [5.41, 5.74) is 2.80. The molecule has 0 bridgehead atoms. The third kappa shape index (κ3) is 2.22. The molecule has 1 aliphatic heterocycles. The van der Waals surface area contributed by atoms with Gasteiger partial charge in [-0.3, -0.25) is 4.79 Å². The first-order valence-electron chi connectivity index (χ1n) is 6.99. The molecule has 0 amide bonds. The fourth-order valence-corrected chi connectivity index (χ4v) is 3.43. The van der Waals surface area contributed by atoms with Gasteiger partial charge in [-0.2, -0.15) is 0 Å². The van der Waals surface area contributed by atoms with E-state index in [1.807, 2.05) is 6.07 Å². The van der Waals surface area contributed by atoms with Crippen LogP contribution in [0.5, 0.6) is 0 Å². The van der Waals surface area contributed by atoms with E-state index in [2.05, 4.69) is 30.4 Å². The second-order valence-electron chi connectivity index (χ2n) is 6.00. The Bertz CT molecular complexity index is 460. The summed E-state index contributed by atoms with van der Waals surface area (Å²) in [6.45, 7) is 4.27. The van der Waals surface area contributed by atoms with Crippen molar-refractivity contribution in [2.24, 2.45) is 11.3 Å². The van der Waals surface area contributed by atoms with Crippen LogP contribution in [0.25, 0.3) is 0 Å². The first-order chi connectivity index (χ1) is 8.70. The maximum absolute atomic E-state index is 12.3. The van der Waals surface area contributed by atoms with Gasteiger partial charge in [0, 0.05) is 12.3 Å². The highest BCUT2D eigenvalue weighted by molar-refractivity contribution is 5.86. The zero-order chi connectivity index (χ0) is 12.6. The molecule has 0 radical (unpaired) electrons. The molecule has 1 N–H and O–H groups in total. The predicted molar refractivity (Wildman–Crippen MR) is 72.5 cm³/mol. The number of rotatable bonds is 3. The van der Waals surface area contributed by atoms with E-state index in [4.69, 9.17) is 0 Å². The summed E-state index contributed by atoms with van der Waals surface area (Å²) in [7, 11) is 0. The smallest absolute Gasteiger partial charge is 0.140 e. The number of ketones is 1. The minimum absolute atomic E-state index is 0.347. The topological polar surface area (TPSA) is 29.1 Å². The van der Waals surface area contributed by atoms with Crippen LogP contribution in [0.2, 0.25) is 0 Å². The molecule has 1 unspecified atom stereocenters. The SMILES string of the molecule is Cc1cccc(CC(=O)C2CC23CCNCC3)c1. The fraction of sp³-hybridized carbons (Fsp3) is 0.562. The summed E-state index contributed by atoms with van der Waals surface area (Å²) in [6.07, 6.45) is 4.15. The molecule has 2 nitrogen and oxygen atoms in total. The average Bonchev–Trinajstić information content (AvgIpc) is 3.04. The van der Waals surface area contributed by atoms with Gasteiger partial charge in [-0.15, -0.1) is 0 Å². The maximum atomic E-state index is 12.3. The normalized spacial score (nSPS) is 25.1. The average molecular weight is 243 g/mol. The van der Waals surface area contributed by atoms with E-state index in [0.717, 1.165) is 19.5 Å². The van der Waals surface area contributed by atoms with Crippen LogP contribution in [0.15, 0.2) is 24.3 Å². The first kappa shape index (κ1) is 11.9. The summed E-state index contributed by atoms with van der Waals surface area (Å²) in [4.78, 5) is 12.3. The number of hydrogen-bond acceptors (Lipinski definition) is 2. The number of carbonyl (C=O) groups excluding carboxylic acids is 1. The van der Waals surface area contributed by atoms with Crippen LogP contribution in [0.1, 0.15) is 30.4 Å². The van der Waals surface area contributed by atoms with E-state index in [1.54, 1.807) is 0 Å². The van der Waals surface area contributed by atoms with Crippen molar-refractivity contribution < 1.29 is 4.79 Å². The number of hydrogen-bond donors (Lipinski definition) is 1. The van der Waals surface area contributed by atoms with Crippen molar-refractivity contribution in [2.75, 3.05) is 13.1 Å². The van der Waals surface area contributed by atoms with E-state index >= 15 is 0 Å². The monoisotopic (exact) mass is 243 g/mol. The van der Waals surface area contributed by atoms with Crippen molar-refractivity contribution in [2.45, 2.75) is 32.6 Å². The fourth-order valence-electron chi connectivity index (χ4n) is 3.43. The van der Waals surface area contributed by atoms with Crippen molar-refractivity contribution in [3.63, 3.8) is 0 Å². The molecule has 0 aromatic heterocycles. The number of nitrogens with one attached hydrogen (secondary N) is 1. The third-order valence-corrected chi connectivity index (χ3v) is 4.64. The molecule has 1 aromatic rings. The lowest BCUT2D eigenvalue weighted by Crippen LogP contribution is -2.30. The number of aryl methyl sites for hydroxylation is 1. The molecule has 1 atom stereocenters. The highest BCUT2D eigenvalue weighted by Gasteiger charge is 2.56. The largest absolute Gasteiger partial charge is 0.317 e. The highest BCUT2D eigenvalue weighted by Crippen LogP contribution is 2.59. The van der Waals surface area contributed by atoms with E-state index in [1.165, 1.54) is 24.0 Å². The Morgan fingerprint density at radius 1 is 1.39 bits per heavy atom. The van der Waals surface area contributed by atoms with Gasteiger partial charge in [0.05, 0.1) is 0 Å². The van der Waals surface area contributed by atoms with Crippen molar-refractivity contribution in [1.82, 2.24) is 5.32 Å². The highest BCUT2D eigenvalue weighted by atomic mass is 16.1. The molecule has 96 valence electrons. The molecule has 3 rings (SSSR count). The maximum Gasteiger partial charge on any atom is 0.140 e. The Labute approximate surface area is 109 Å². The Hall–Kier alpha value is -1.15. The van der Waals surface area contributed by atoms with Crippen molar-refractivity contribution in [3.05, 3.63) is 35.4 Å². The van der Waals surface area contributed by atoms with Crippen LogP contribution in [-0.2, 0) is 11.2 Å². The van der Waals surface area contributed by atoms with Crippen LogP contribution in [0.4, 0.5) is 0 Å². The molecule has 1 heterocycles. The van der Waals surface area contributed by atoms with E-state index in [0.29, 0.717) is 23.5 Å². The molecule has 2 heteroatoms. The minimum atomic E-state index is 0.347. The van der Waals surface area contributed by atoms with Crippen LogP contribution in [0, 0.1) is 18.3 Å². The zero-order valence-electron chi connectivity index (χ0n) is 11.0. The molecular formula is C16H21NO. The summed E-state index contributed by atoms with van der Waals surface area (Å²) in [5.74, 6) is 0.808. The molecule has 2 aliphatic rings. The van der Waals surface area contributed by atoms with Crippen molar-refractivity contribution in [3.8, 4) is 0 Å². The van der Waals surface area contributed by atoms with Crippen LogP contribution >= 0.6 is 0 Å². The molecule has 1 saturated carbocycles. The molecule has 1 aromatic carbocycles. The Morgan fingerprint density at radius 2 is 2.17 bits per heavy atom. The summed E-state index contributed by atoms with van der Waals surface area (Å²) < 4.78 is 0. The third-order valence-electron chi connectivity index (χ3n) is 4.64. The van der Waals surface area contributed by atoms with Gasteiger partial charge >= 0.3 is 0 Å². The van der Waals surface area contributed by atoms with Gasteiger partial charge in [-0.05, 0) is 50.3 Å². The van der Waals surface area contributed by atoms with Crippen LogP contribution in [-0.4, -0.2) is 18.9 Å². The lowest BCUT2D eigenvalue weighted by molar-refractivity contribution is -0.120. The Kier molecular flexibility index (Phi) is 2.98. The molecule has 1 aliphatic carbocycles. The first-order valence-corrected chi connectivity index (χ1v) is 6.99. The quantitative estimate of drug-likeness (QED) is 0.883. The predicted octanol–water partition coefficient (Wildman–Crippen LogP) is 2.50. The summed E-state index contributed by atoms with van der Waals surface area (Å²) in [6, 6.07) is 8.34. The Balaban J connectivity index is 1.63. The van der Waals surface area contributed by atoms with Crippen LogP contribution in [0.3, 0.4) is 0 Å². The molecular weight excluding hydrogens is 222 g/mol. The molecule has 1 spiro atoms. The molecule has 1 saturated heterocycles. The van der Waals surface area contributed by atoms with Gasteiger partial charge in [0.25, 0.3) is 0 Å². The van der Waals surface area contributed by atoms with E-state index in [9.17, 15) is 4.79 Å². The van der Waals surface area contributed by atoms with Gasteiger partial charge in [-0.1, -0.05) is 29.8 Å². The van der Waals surface area contributed by atoms with E-state index < -0.39 is 0 Å². The lowest BCUT2D eigenvalue weighted by atomic mass is 9.89. The number of piperidine rings is 1. The molecule has 2 fully saturated rings. The summed E-state index contributed by atoms with van der Waals surface area (Å²) >= 11 is 0. The minimum Gasteiger partial charge on any atom is -0.317 e. The molecule has 18 heavy (non-hydrogen) atoms. The second kappa shape index (κ2) is 4.51. The van der Waals surface area contributed by atoms with Gasteiger partial charge in [-0.25, -0.2) is 0 Å².